The molecule has 2 rings (SSSR count). The third-order valence-corrected chi connectivity index (χ3v) is 5.36. The highest BCUT2D eigenvalue weighted by atomic mass is 32.2. The van der Waals surface area contributed by atoms with Gasteiger partial charge in [0.05, 0.1) is 4.21 Å². The quantitative estimate of drug-likeness (QED) is 0.780. The topological polar surface area (TPSA) is 3.24 Å². The summed E-state index contributed by atoms with van der Waals surface area (Å²) in [5.41, 5.74) is 1.57. The van der Waals surface area contributed by atoms with Crippen molar-refractivity contribution in [2.24, 2.45) is 0 Å². The van der Waals surface area contributed by atoms with Crippen molar-refractivity contribution in [1.82, 2.24) is 4.90 Å². The minimum absolute atomic E-state index is 0.761. The number of fused-ring (bicyclic) bond motifs is 1. The van der Waals surface area contributed by atoms with E-state index in [0.717, 1.165) is 6.04 Å². The smallest absolute Gasteiger partial charge is 0.0631 e. The van der Waals surface area contributed by atoms with Crippen LogP contribution in [0, 0.1) is 0 Å². The summed E-state index contributed by atoms with van der Waals surface area (Å²) in [6, 6.07) is 3.06. The van der Waals surface area contributed by atoms with Gasteiger partial charge in [-0.25, -0.2) is 0 Å². The molecular formula is C11H17NS2. The molecule has 14 heavy (non-hydrogen) atoms. The first kappa shape index (κ1) is 10.5. The molecule has 1 atom stereocenters. The van der Waals surface area contributed by atoms with Gasteiger partial charge in [-0.2, -0.15) is 0 Å². The van der Waals surface area contributed by atoms with E-state index in [1.54, 1.807) is 9.77 Å². The first-order chi connectivity index (χ1) is 6.85. The van der Waals surface area contributed by atoms with E-state index >= 15 is 0 Å². The first-order valence-electron chi connectivity index (χ1n) is 5.28. The Labute approximate surface area is 94.5 Å². The van der Waals surface area contributed by atoms with Crippen molar-refractivity contribution in [2.45, 2.75) is 30.5 Å². The van der Waals surface area contributed by atoms with Crippen LogP contribution in [0.2, 0.25) is 0 Å². The predicted molar refractivity (Wildman–Crippen MR) is 65.5 cm³/mol. The number of thioether (sulfide) groups is 1. The first-order valence-corrected chi connectivity index (χ1v) is 7.14. The van der Waals surface area contributed by atoms with E-state index in [1.165, 1.54) is 25.3 Å². The molecule has 1 unspecified atom stereocenters. The van der Waals surface area contributed by atoms with Gasteiger partial charge in [0, 0.05) is 11.8 Å². The van der Waals surface area contributed by atoms with Gasteiger partial charge in [0.15, 0.2) is 0 Å². The maximum Gasteiger partial charge on any atom is 0.0631 e. The van der Waals surface area contributed by atoms with E-state index in [4.69, 9.17) is 0 Å². The number of rotatable bonds is 3. The molecule has 0 saturated carbocycles. The molecule has 1 aliphatic heterocycles. The van der Waals surface area contributed by atoms with Crippen molar-refractivity contribution in [3.05, 3.63) is 17.0 Å². The van der Waals surface area contributed by atoms with Crippen LogP contribution in [0.4, 0.5) is 0 Å². The molecule has 2 heterocycles. The standard InChI is InChI=1S/C11H17NS2/c1-3-12(4-2)10-7-9-5-6-13-11(9)14-8-10/h5-6,10H,3-4,7-8H2,1-2H3. The summed E-state index contributed by atoms with van der Waals surface area (Å²) in [5, 5.41) is 2.22. The molecule has 1 aromatic heterocycles. The largest absolute Gasteiger partial charge is 0.300 e. The normalized spacial score (nSPS) is 21.2. The lowest BCUT2D eigenvalue weighted by atomic mass is 10.1. The fraction of sp³-hybridized carbons (Fsp3) is 0.636. The zero-order valence-corrected chi connectivity index (χ0v) is 10.5. The second-order valence-corrected chi connectivity index (χ2v) is 5.83. The zero-order valence-electron chi connectivity index (χ0n) is 8.82. The van der Waals surface area contributed by atoms with Crippen LogP contribution < -0.4 is 0 Å². The second-order valence-electron chi connectivity index (χ2n) is 3.62. The summed E-state index contributed by atoms with van der Waals surface area (Å²) in [6.07, 6.45) is 1.26. The van der Waals surface area contributed by atoms with Gasteiger partial charge in [0.1, 0.15) is 0 Å². The molecule has 0 spiro atoms. The van der Waals surface area contributed by atoms with Gasteiger partial charge < -0.3 is 0 Å². The van der Waals surface area contributed by atoms with Gasteiger partial charge in [-0.15, -0.1) is 23.1 Å². The lowest BCUT2D eigenvalue weighted by molar-refractivity contribution is 0.232. The SMILES string of the molecule is CCN(CC)C1CSc2sccc2C1. The highest BCUT2D eigenvalue weighted by molar-refractivity contribution is 8.01. The molecule has 0 amide bonds. The molecule has 0 radical (unpaired) electrons. The van der Waals surface area contributed by atoms with Crippen molar-refractivity contribution in [3.8, 4) is 0 Å². The third-order valence-electron chi connectivity index (χ3n) is 2.90. The summed E-state index contributed by atoms with van der Waals surface area (Å²) < 4.78 is 1.55. The third kappa shape index (κ3) is 2.00. The van der Waals surface area contributed by atoms with E-state index in [9.17, 15) is 0 Å². The summed E-state index contributed by atoms with van der Waals surface area (Å²) in [7, 11) is 0. The number of hydrogen-bond acceptors (Lipinski definition) is 3. The molecule has 0 fully saturated rings. The van der Waals surface area contributed by atoms with E-state index in [2.05, 4.69) is 30.2 Å². The lowest BCUT2D eigenvalue weighted by Gasteiger charge is -2.32. The summed E-state index contributed by atoms with van der Waals surface area (Å²) in [4.78, 5) is 2.58. The van der Waals surface area contributed by atoms with Crippen LogP contribution in [0.1, 0.15) is 19.4 Å². The number of nitrogens with zero attached hydrogens (tertiary/aromatic N) is 1. The predicted octanol–water partition coefficient (Wildman–Crippen LogP) is 3.11. The van der Waals surface area contributed by atoms with Crippen molar-refractivity contribution in [3.63, 3.8) is 0 Å². The molecular weight excluding hydrogens is 210 g/mol. The fourth-order valence-corrected chi connectivity index (χ4v) is 4.37. The molecule has 1 aliphatic rings. The summed E-state index contributed by atoms with van der Waals surface area (Å²) >= 11 is 3.94. The average Bonchev–Trinajstić information content (AvgIpc) is 2.66. The van der Waals surface area contributed by atoms with E-state index in [0.29, 0.717) is 0 Å². The fourth-order valence-electron chi connectivity index (χ4n) is 2.06. The Hall–Kier alpha value is 0.0100. The molecule has 0 saturated heterocycles. The minimum Gasteiger partial charge on any atom is -0.300 e. The van der Waals surface area contributed by atoms with Gasteiger partial charge in [-0.1, -0.05) is 13.8 Å². The molecule has 1 aromatic rings. The van der Waals surface area contributed by atoms with Gasteiger partial charge >= 0.3 is 0 Å². The Balaban J connectivity index is 2.06. The molecule has 3 heteroatoms. The summed E-state index contributed by atoms with van der Waals surface area (Å²) in [5.74, 6) is 1.27. The van der Waals surface area contributed by atoms with Crippen molar-refractivity contribution in [2.75, 3.05) is 18.8 Å². The van der Waals surface area contributed by atoms with E-state index in [-0.39, 0.29) is 0 Å². The molecule has 1 nitrogen and oxygen atoms in total. The Morgan fingerprint density at radius 1 is 1.43 bits per heavy atom. The minimum atomic E-state index is 0.761. The van der Waals surface area contributed by atoms with E-state index < -0.39 is 0 Å². The zero-order chi connectivity index (χ0) is 9.97. The second kappa shape index (κ2) is 4.69. The Bertz CT molecular complexity index is 291. The molecule has 78 valence electrons. The van der Waals surface area contributed by atoms with Crippen molar-refractivity contribution in [1.29, 1.82) is 0 Å². The van der Waals surface area contributed by atoms with Gasteiger partial charge in [-0.05, 0) is 36.5 Å². The van der Waals surface area contributed by atoms with Crippen LogP contribution in [0.15, 0.2) is 15.7 Å². The van der Waals surface area contributed by atoms with Gasteiger partial charge in [0.25, 0.3) is 0 Å². The number of thiophene rings is 1. The molecule has 0 aliphatic carbocycles. The van der Waals surface area contributed by atoms with Crippen LogP contribution in [0.5, 0.6) is 0 Å². The molecule has 0 bridgehead atoms. The Morgan fingerprint density at radius 3 is 2.93 bits per heavy atom. The highest BCUT2D eigenvalue weighted by Crippen LogP contribution is 2.35. The lowest BCUT2D eigenvalue weighted by Crippen LogP contribution is -2.39. The van der Waals surface area contributed by atoms with Crippen molar-refractivity contribution < 1.29 is 0 Å². The van der Waals surface area contributed by atoms with Gasteiger partial charge in [-0.3, -0.25) is 4.90 Å². The monoisotopic (exact) mass is 227 g/mol. The van der Waals surface area contributed by atoms with Crippen LogP contribution in [-0.2, 0) is 6.42 Å². The highest BCUT2D eigenvalue weighted by Gasteiger charge is 2.23. The van der Waals surface area contributed by atoms with Crippen LogP contribution in [0.3, 0.4) is 0 Å². The Kier molecular flexibility index (Phi) is 3.52. The van der Waals surface area contributed by atoms with E-state index in [1.807, 2.05) is 23.1 Å². The average molecular weight is 227 g/mol. The Morgan fingerprint density at radius 2 is 2.21 bits per heavy atom. The van der Waals surface area contributed by atoms with Crippen LogP contribution in [0.25, 0.3) is 0 Å². The number of hydrogen-bond donors (Lipinski definition) is 0. The molecule has 0 N–H and O–H groups in total. The van der Waals surface area contributed by atoms with Crippen LogP contribution in [-0.4, -0.2) is 29.8 Å². The maximum absolute atomic E-state index is 2.58. The summed E-state index contributed by atoms with van der Waals surface area (Å²) in [6.45, 7) is 6.89. The van der Waals surface area contributed by atoms with Crippen LogP contribution >= 0.6 is 23.1 Å². The number of likely N-dealkylation sites (N-methyl/N-ethyl adjacent to an activating group) is 1. The van der Waals surface area contributed by atoms with Crippen molar-refractivity contribution >= 4 is 23.1 Å². The van der Waals surface area contributed by atoms with Gasteiger partial charge in [0.2, 0.25) is 0 Å². The molecule has 0 aromatic carbocycles. The maximum atomic E-state index is 2.58.